The number of carbonyl (C=O) groups is 1. The number of para-hydroxylation sites is 1. The van der Waals surface area contributed by atoms with E-state index in [4.69, 9.17) is 10.5 Å². The van der Waals surface area contributed by atoms with Crippen LogP contribution >= 0.6 is 0 Å². The quantitative estimate of drug-likeness (QED) is 0.333. The maximum Gasteiger partial charge on any atom is 0.273 e. The van der Waals surface area contributed by atoms with Crippen molar-refractivity contribution < 1.29 is 14.1 Å². The summed E-state index contributed by atoms with van der Waals surface area (Å²) in [6.07, 6.45) is 4.51. The van der Waals surface area contributed by atoms with Gasteiger partial charge in [0.05, 0.1) is 30.4 Å². The summed E-state index contributed by atoms with van der Waals surface area (Å²) in [6.45, 7) is 3.87. The van der Waals surface area contributed by atoms with Crippen molar-refractivity contribution in [1.29, 1.82) is 0 Å². The predicted molar refractivity (Wildman–Crippen MR) is 137 cm³/mol. The normalized spacial score (nSPS) is 12.4. The van der Waals surface area contributed by atoms with Crippen molar-refractivity contribution in [3.63, 3.8) is 0 Å². The highest BCUT2D eigenvalue weighted by Crippen LogP contribution is 2.29. The molecule has 1 amide bonds. The lowest BCUT2D eigenvalue weighted by Crippen LogP contribution is -2.18. The number of hydrogen-bond donors (Lipinski definition) is 3. The lowest BCUT2D eigenvalue weighted by Gasteiger charge is -2.17. The lowest BCUT2D eigenvalue weighted by atomic mass is 10.1. The van der Waals surface area contributed by atoms with Gasteiger partial charge >= 0.3 is 0 Å². The van der Waals surface area contributed by atoms with Crippen molar-refractivity contribution in [2.75, 3.05) is 24.2 Å². The fourth-order valence-corrected chi connectivity index (χ4v) is 4.47. The molecule has 4 N–H and O–H groups in total. The molecule has 176 valence electrons. The van der Waals surface area contributed by atoms with Crippen LogP contribution in [0, 0.1) is 13.8 Å². The Labute approximate surface area is 202 Å². The summed E-state index contributed by atoms with van der Waals surface area (Å²) in [7, 11) is 3.10. The number of ether oxygens (including phenoxy) is 1. The molecule has 1 aromatic heterocycles. The Balaban J connectivity index is 1.85. The Hall–Kier alpha value is -3.82. The summed E-state index contributed by atoms with van der Waals surface area (Å²) in [6, 6.07) is 14.4. The van der Waals surface area contributed by atoms with Gasteiger partial charge in [-0.05, 0) is 49.4 Å². The average Bonchev–Trinajstić information content (AvgIpc) is 2.84. The number of nitrogens with two attached hydrogens (primary N) is 1. The molecule has 0 bridgehead atoms. The summed E-state index contributed by atoms with van der Waals surface area (Å²) in [5.41, 5.74) is 10.4. The maximum atomic E-state index is 13.2. The van der Waals surface area contributed by atoms with Crippen LogP contribution in [0.15, 0.2) is 76.9 Å². The van der Waals surface area contributed by atoms with E-state index in [1.54, 1.807) is 37.4 Å². The van der Waals surface area contributed by atoms with Crippen molar-refractivity contribution in [1.82, 2.24) is 4.98 Å². The number of pyridine rings is 1. The molecule has 1 heterocycles. The molecule has 1 unspecified atom stereocenters. The second-order valence-corrected chi connectivity index (χ2v) is 8.55. The topological polar surface area (TPSA) is 125 Å². The molecule has 0 spiro atoms. The minimum atomic E-state index is -1.67. The summed E-state index contributed by atoms with van der Waals surface area (Å²) in [5, 5.41) is 2.81. The van der Waals surface area contributed by atoms with Crippen LogP contribution < -0.4 is 20.5 Å². The molecule has 1 atom stereocenters. The Morgan fingerprint density at radius 3 is 2.47 bits per heavy atom. The first-order chi connectivity index (χ1) is 16.4. The number of amides is 1. The Bertz CT molecular complexity index is 1220. The van der Waals surface area contributed by atoms with Crippen LogP contribution in [0.5, 0.6) is 5.88 Å². The Morgan fingerprint density at radius 1 is 1.15 bits per heavy atom. The highest BCUT2D eigenvalue weighted by Gasteiger charge is 2.23. The van der Waals surface area contributed by atoms with Crippen LogP contribution in [0.4, 0.5) is 11.4 Å². The Morgan fingerprint density at radius 2 is 1.82 bits per heavy atom. The molecular formula is C25H27N5O3S. The van der Waals surface area contributed by atoms with E-state index in [1.165, 1.54) is 19.5 Å². The fraction of sp³-hybridized carbons (Fsp3) is 0.160. The highest BCUT2D eigenvalue weighted by atomic mass is 32.2. The number of aryl methyl sites for hydroxylation is 2. The molecule has 0 saturated carbocycles. The van der Waals surface area contributed by atoms with Gasteiger partial charge in [0.2, 0.25) is 4.90 Å². The molecule has 9 heteroatoms. The molecule has 0 radical (unpaired) electrons. The van der Waals surface area contributed by atoms with Gasteiger partial charge in [0, 0.05) is 24.2 Å². The van der Waals surface area contributed by atoms with Crippen molar-refractivity contribution >= 4 is 34.4 Å². The molecule has 0 fully saturated rings. The largest absolute Gasteiger partial charge is 0.588 e. The van der Waals surface area contributed by atoms with Gasteiger partial charge in [-0.3, -0.25) is 9.79 Å². The smallest absolute Gasteiger partial charge is 0.273 e. The third-order valence-electron chi connectivity index (χ3n) is 5.06. The summed E-state index contributed by atoms with van der Waals surface area (Å²) in [4.78, 5) is 21.6. The highest BCUT2D eigenvalue weighted by molar-refractivity contribution is 7.92. The minimum Gasteiger partial charge on any atom is -0.588 e. The zero-order valence-corrected chi connectivity index (χ0v) is 20.3. The SMILES string of the molecule is CN=C(C=CN)c1cccc(C(=O)Nc2cnc(OC)c([S+]([O-])Nc3c(C)cccc3C)c2)c1. The number of aliphatic imine (C=N–C) groups is 1. The monoisotopic (exact) mass is 477 g/mol. The molecule has 3 aromatic rings. The van der Waals surface area contributed by atoms with Gasteiger partial charge in [-0.25, -0.2) is 9.71 Å². The second kappa shape index (κ2) is 11.4. The predicted octanol–water partition coefficient (Wildman–Crippen LogP) is 3.99. The third-order valence-corrected chi connectivity index (χ3v) is 6.14. The molecule has 2 aromatic carbocycles. The molecule has 8 nitrogen and oxygen atoms in total. The van der Waals surface area contributed by atoms with Crippen molar-refractivity contribution in [3.8, 4) is 5.88 Å². The molecular weight excluding hydrogens is 450 g/mol. The van der Waals surface area contributed by atoms with E-state index in [1.807, 2.05) is 38.1 Å². The van der Waals surface area contributed by atoms with Crippen molar-refractivity contribution in [2.24, 2.45) is 10.7 Å². The lowest BCUT2D eigenvalue weighted by molar-refractivity contribution is 0.102. The fourth-order valence-electron chi connectivity index (χ4n) is 3.32. The van der Waals surface area contributed by atoms with Gasteiger partial charge in [0.15, 0.2) is 0 Å². The number of benzene rings is 2. The minimum absolute atomic E-state index is 0.203. The number of nitrogens with one attached hydrogen (secondary N) is 2. The van der Waals surface area contributed by atoms with Crippen LogP contribution in [-0.2, 0) is 11.4 Å². The van der Waals surface area contributed by atoms with E-state index in [2.05, 4.69) is 20.0 Å². The van der Waals surface area contributed by atoms with Gasteiger partial charge < -0.3 is 20.3 Å². The number of anilines is 2. The molecule has 34 heavy (non-hydrogen) atoms. The van der Waals surface area contributed by atoms with Crippen LogP contribution in [0.25, 0.3) is 0 Å². The van der Waals surface area contributed by atoms with Crippen molar-refractivity contribution in [3.05, 3.63) is 89.3 Å². The first kappa shape index (κ1) is 24.8. The maximum absolute atomic E-state index is 13.2. The number of nitrogens with zero attached hydrogens (tertiary/aromatic N) is 2. The van der Waals surface area contributed by atoms with Gasteiger partial charge in [-0.1, -0.05) is 30.3 Å². The molecule has 0 aliphatic heterocycles. The van der Waals surface area contributed by atoms with E-state index in [0.717, 1.165) is 22.4 Å². The standard InChI is InChI=1S/C25H27N5O3S/c1-16-7-5-8-17(2)23(16)30-34(32)22-14-20(15-28-25(22)33-4)29-24(31)19-10-6-9-18(13-19)21(27-3)11-12-26/h5-15,30H,26H2,1-4H3,(H,29,31). The van der Waals surface area contributed by atoms with Gasteiger partial charge in [0.1, 0.15) is 11.4 Å². The average molecular weight is 478 g/mol. The number of rotatable bonds is 8. The number of methoxy groups -OCH3 is 1. The van der Waals surface area contributed by atoms with Gasteiger partial charge in [-0.2, -0.15) is 0 Å². The van der Waals surface area contributed by atoms with Gasteiger partial charge in [-0.15, -0.1) is 0 Å². The Kier molecular flexibility index (Phi) is 8.29. The van der Waals surface area contributed by atoms with Crippen LogP contribution in [0.2, 0.25) is 0 Å². The second-order valence-electron chi connectivity index (χ2n) is 7.37. The molecule has 0 aliphatic rings. The molecule has 0 saturated heterocycles. The number of hydrogen-bond acceptors (Lipinski definition) is 7. The van der Waals surface area contributed by atoms with E-state index in [9.17, 15) is 9.35 Å². The van der Waals surface area contributed by atoms with E-state index < -0.39 is 11.4 Å². The molecule has 0 aliphatic carbocycles. The molecule has 3 rings (SSSR count). The first-order valence-corrected chi connectivity index (χ1v) is 11.6. The zero-order valence-electron chi connectivity index (χ0n) is 19.5. The first-order valence-electron chi connectivity index (χ1n) is 10.4. The van der Waals surface area contributed by atoms with Crippen LogP contribution in [0.3, 0.4) is 0 Å². The van der Waals surface area contributed by atoms with Crippen LogP contribution in [0.1, 0.15) is 27.0 Å². The van der Waals surface area contributed by atoms with E-state index >= 15 is 0 Å². The van der Waals surface area contributed by atoms with E-state index in [-0.39, 0.29) is 11.8 Å². The van der Waals surface area contributed by atoms with Crippen LogP contribution in [-0.4, -0.2) is 35.3 Å². The summed E-state index contributed by atoms with van der Waals surface area (Å²) < 4.78 is 21.5. The third kappa shape index (κ3) is 5.75. The van der Waals surface area contributed by atoms with E-state index in [0.29, 0.717) is 21.9 Å². The number of allylic oxidation sites excluding steroid dienone is 1. The number of carbonyl (C=O) groups excluding carboxylic acids is 1. The zero-order chi connectivity index (χ0) is 24.7. The summed E-state index contributed by atoms with van der Waals surface area (Å²) >= 11 is -1.67. The van der Waals surface area contributed by atoms with Crippen molar-refractivity contribution in [2.45, 2.75) is 18.7 Å². The van der Waals surface area contributed by atoms with Gasteiger partial charge in [0.25, 0.3) is 11.8 Å². The summed E-state index contributed by atoms with van der Waals surface area (Å²) in [5.74, 6) is -0.144. The number of aromatic nitrogens is 1.